The first-order valence-electron chi connectivity index (χ1n) is 6.37. The van der Waals surface area contributed by atoms with Crippen LogP contribution in [0.15, 0.2) is 53.0 Å². The van der Waals surface area contributed by atoms with E-state index in [2.05, 4.69) is 15.9 Å². The average molecular weight is 333 g/mol. The fourth-order valence-electron chi connectivity index (χ4n) is 2.15. The van der Waals surface area contributed by atoms with Crippen LogP contribution >= 0.6 is 15.9 Å². The summed E-state index contributed by atoms with van der Waals surface area (Å²) in [6, 6.07) is 14.7. The predicted octanol–water partition coefficient (Wildman–Crippen LogP) is 3.73. The summed E-state index contributed by atoms with van der Waals surface area (Å²) in [4.78, 5) is 12.4. The summed E-state index contributed by atoms with van der Waals surface area (Å²) in [5.41, 5.74) is 2.19. The predicted molar refractivity (Wildman–Crippen MR) is 78.7 cm³/mol. The van der Waals surface area contributed by atoms with Crippen LogP contribution in [0.25, 0.3) is 0 Å². The summed E-state index contributed by atoms with van der Waals surface area (Å²) in [6.45, 7) is 1.19. The van der Waals surface area contributed by atoms with Crippen molar-refractivity contribution in [1.82, 2.24) is 0 Å². The van der Waals surface area contributed by atoms with Crippen LogP contribution in [0.1, 0.15) is 27.8 Å². The number of halogens is 1. The van der Waals surface area contributed by atoms with Crippen molar-refractivity contribution >= 4 is 21.7 Å². The molecule has 20 heavy (non-hydrogen) atoms. The maximum atomic E-state index is 12.4. The van der Waals surface area contributed by atoms with Gasteiger partial charge >= 0.3 is 0 Å². The number of rotatable bonds is 3. The van der Waals surface area contributed by atoms with Crippen molar-refractivity contribution in [3.05, 3.63) is 69.7 Å². The molecule has 3 rings (SSSR count). The standard InChI is InChI=1S/C16H13BrO3/c17-14-6-4-11(5-7-14)15(18)12-2-1-3-13(10-12)16-19-8-9-20-16/h1-7,10,16H,8-9H2. The van der Waals surface area contributed by atoms with Gasteiger partial charge in [-0.05, 0) is 30.3 Å². The van der Waals surface area contributed by atoms with Gasteiger partial charge in [-0.3, -0.25) is 4.79 Å². The molecular formula is C16H13BrO3. The van der Waals surface area contributed by atoms with Crippen molar-refractivity contribution in [2.24, 2.45) is 0 Å². The van der Waals surface area contributed by atoms with Crippen LogP contribution in [0.5, 0.6) is 0 Å². The summed E-state index contributed by atoms with van der Waals surface area (Å²) in [5.74, 6) is -0.00246. The van der Waals surface area contributed by atoms with Gasteiger partial charge in [0.1, 0.15) is 0 Å². The van der Waals surface area contributed by atoms with Gasteiger partial charge in [0.2, 0.25) is 0 Å². The van der Waals surface area contributed by atoms with Gasteiger partial charge in [0, 0.05) is 21.2 Å². The van der Waals surface area contributed by atoms with Gasteiger partial charge in [-0.1, -0.05) is 34.1 Å². The van der Waals surface area contributed by atoms with Crippen LogP contribution in [-0.2, 0) is 9.47 Å². The Kier molecular flexibility index (Phi) is 3.96. The van der Waals surface area contributed by atoms with Crippen LogP contribution in [0, 0.1) is 0 Å². The lowest BCUT2D eigenvalue weighted by Crippen LogP contribution is -2.04. The van der Waals surface area contributed by atoms with Gasteiger partial charge < -0.3 is 9.47 Å². The average Bonchev–Trinajstić information content (AvgIpc) is 3.02. The van der Waals surface area contributed by atoms with Crippen molar-refractivity contribution in [2.75, 3.05) is 13.2 Å². The summed E-state index contributed by atoms with van der Waals surface area (Å²) in [7, 11) is 0. The number of ether oxygens (including phenoxy) is 2. The Labute approximate surface area is 125 Å². The number of carbonyl (C=O) groups is 1. The highest BCUT2D eigenvalue weighted by atomic mass is 79.9. The van der Waals surface area contributed by atoms with Crippen molar-refractivity contribution in [2.45, 2.75) is 6.29 Å². The lowest BCUT2D eigenvalue weighted by molar-refractivity contribution is -0.0441. The lowest BCUT2D eigenvalue weighted by atomic mass is 10.0. The van der Waals surface area contributed by atoms with Crippen molar-refractivity contribution < 1.29 is 14.3 Å². The van der Waals surface area contributed by atoms with Crippen molar-refractivity contribution in [3.8, 4) is 0 Å². The van der Waals surface area contributed by atoms with Crippen LogP contribution in [-0.4, -0.2) is 19.0 Å². The normalized spacial score (nSPS) is 15.4. The Morgan fingerprint density at radius 3 is 2.40 bits per heavy atom. The monoisotopic (exact) mass is 332 g/mol. The molecule has 102 valence electrons. The molecule has 0 amide bonds. The minimum Gasteiger partial charge on any atom is -0.346 e. The minimum atomic E-state index is -0.354. The molecule has 1 fully saturated rings. The van der Waals surface area contributed by atoms with Crippen molar-refractivity contribution in [1.29, 1.82) is 0 Å². The van der Waals surface area contributed by atoms with E-state index in [-0.39, 0.29) is 12.1 Å². The van der Waals surface area contributed by atoms with Crippen LogP contribution < -0.4 is 0 Å². The van der Waals surface area contributed by atoms with E-state index in [1.165, 1.54) is 0 Å². The van der Waals surface area contributed by atoms with Gasteiger partial charge in [-0.15, -0.1) is 0 Å². The molecule has 0 aromatic heterocycles. The van der Waals surface area contributed by atoms with E-state index in [4.69, 9.17) is 9.47 Å². The first kappa shape index (κ1) is 13.5. The summed E-state index contributed by atoms with van der Waals surface area (Å²) in [6.07, 6.45) is -0.354. The highest BCUT2D eigenvalue weighted by molar-refractivity contribution is 9.10. The van der Waals surface area contributed by atoms with Gasteiger partial charge in [-0.25, -0.2) is 0 Å². The van der Waals surface area contributed by atoms with Crippen LogP contribution in [0.3, 0.4) is 0 Å². The molecule has 0 aliphatic carbocycles. The molecule has 2 aromatic rings. The molecular weight excluding hydrogens is 320 g/mol. The quantitative estimate of drug-likeness (QED) is 0.803. The second-order valence-corrected chi connectivity index (χ2v) is 5.45. The third kappa shape index (κ3) is 2.82. The summed E-state index contributed by atoms with van der Waals surface area (Å²) < 4.78 is 11.9. The number of hydrogen-bond acceptors (Lipinski definition) is 3. The van der Waals surface area contributed by atoms with Gasteiger partial charge in [-0.2, -0.15) is 0 Å². The lowest BCUT2D eigenvalue weighted by Gasteiger charge is -2.10. The first-order valence-corrected chi connectivity index (χ1v) is 7.17. The molecule has 1 aliphatic rings. The molecule has 3 nitrogen and oxygen atoms in total. The van der Waals surface area contributed by atoms with E-state index in [1.54, 1.807) is 0 Å². The zero-order valence-electron chi connectivity index (χ0n) is 10.7. The number of ketones is 1. The molecule has 0 N–H and O–H groups in total. The zero-order valence-corrected chi connectivity index (χ0v) is 12.3. The number of hydrogen-bond donors (Lipinski definition) is 0. The molecule has 1 heterocycles. The van der Waals surface area contributed by atoms with E-state index < -0.39 is 0 Å². The van der Waals surface area contributed by atoms with Crippen LogP contribution in [0.4, 0.5) is 0 Å². The van der Waals surface area contributed by atoms with E-state index in [1.807, 2.05) is 48.5 Å². The maximum Gasteiger partial charge on any atom is 0.193 e. The van der Waals surface area contributed by atoms with Crippen LogP contribution in [0.2, 0.25) is 0 Å². The topological polar surface area (TPSA) is 35.5 Å². The summed E-state index contributed by atoms with van der Waals surface area (Å²) in [5, 5.41) is 0. The largest absolute Gasteiger partial charge is 0.346 e. The smallest absolute Gasteiger partial charge is 0.193 e. The van der Waals surface area contributed by atoms with Crippen molar-refractivity contribution in [3.63, 3.8) is 0 Å². The third-order valence-electron chi connectivity index (χ3n) is 3.15. The van der Waals surface area contributed by atoms with E-state index in [9.17, 15) is 4.79 Å². The molecule has 1 aliphatic heterocycles. The Morgan fingerprint density at radius 2 is 1.70 bits per heavy atom. The maximum absolute atomic E-state index is 12.4. The Balaban J connectivity index is 1.87. The highest BCUT2D eigenvalue weighted by Gasteiger charge is 2.19. The summed E-state index contributed by atoms with van der Waals surface area (Å²) >= 11 is 3.36. The fourth-order valence-corrected chi connectivity index (χ4v) is 2.41. The Hall–Kier alpha value is -1.49. The molecule has 0 bridgehead atoms. The van der Waals surface area contributed by atoms with E-state index in [0.717, 1.165) is 10.0 Å². The van der Waals surface area contributed by atoms with Gasteiger partial charge in [0.25, 0.3) is 0 Å². The molecule has 0 spiro atoms. The zero-order chi connectivity index (χ0) is 13.9. The minimum absolute atomic E-state index is 0.00246. The second kappa shape index (κ2) is 5.87. The SMILES string of the molecule is O=C(c1ccc(Br)cc1)c1cccc(C2OCCO2)c1. The molecule has 1 saturated heterocycles. The van der Waals surface area contributed by atoms with E-state index in [0.29, 0.717) is 24.3 Å². The number of benzene rings is 2. The molecule has 2 aromatic carbocycles. The molecule has 4 heteroatoms. The molecule has 0 unspecified atom stereocenters. The third-order valence-corrected chi connectivity index (χ3v) is 3.68. The molecule has 0 radical (unpaired) electrons. The number of carbonyl (C=O) groups excluding carboxylic acids is 1. The first-order chi connectivity index (χ1) is 9.74. The molecule has 0 saturated carbocycles. The Morgan fingerprint density at radius 1 is 1.00 bits per heavy atom. The fraction of sp³-hybridized carbons (Fsp3) is 0.188. The van der Waals surface area contributed by atoms with E-state index >= 15 is 0 Å². The Bertz CT molecular complexity index is 616. The molecule has 0 atom stereocenters. The highest BCUT2D eigenvalue weighted by Crippen LogP contribution is 2.24. The second-order valence-electron chi connectivity index (χ2n) is 4.53. The van der Waals surface area contributed by atoms with Gasteiger partial charge in [0.15, 0.2) is 12.1 Å². The van der Waals surface area contributed by atoms with Gasteiger partial charge in [0.05, 0.1) is 13.2 Å².